The van der Waals surface area contributed by atoms with Crippen LogP contribution in [-0.4, -0.2) is 10.2 Å². The minimum absolute atomic E-state index is 0.0172. The molecule has 0 amide bonds. The van der Waals surface area contributed by atoms with Crippen LogP contribution in [0.5, 0.6) is 5.88 Å². The number of nitriles is 1. The Morgan fingerprint density at radius 2 is 2.19 bits per heavy atom. The molecule has 21 heavy (non-hydrogen) atoms. The summed E-state index contributed by atoms with van der Waals surface area (Å²) < 4.78 is 32.9. The Morgan fingerprint density at radius 1 is 1.43 bits per heavy atom. The first-order valence-corrected chi connectivity index (χ1v) is 6.11. The van der Waals surface area contributed by atoms with Crippen molar-refractivity contribution in [3.05, 3.63) is 58.1 Å². The van der Waals surface area contributed by atoms with E-state index in [0.717, 1.165) is 6.07 Å². The highest BCUT2D eigenvalue weighted by molar-refractivity contribution is 5.55. The number of H-pyrrole nitrogens is 1. The van der Waals surface area contributed by atoms with Crippen LogP contribution in [0.4, 0.5) is 8.78 Å². The van der Waals surface area contributed by atoms with Gasteiger partial charge in [0.2, 0.25) is 11.8 Å². The maximum absolute atomic E-state index is 14.1. The molecule has 3 N–H and O–H groups in total. The minimum atomic E-state index is -1.02. The molecule has 0 aliphatic carbocycles. The molecule has 2 heterocycles. The zero-order valence-corrected chi connectivity index (χ0v) is 10.9. The van der Waals surface area contributed by atoms with Gasteiger partial charge in [0.25, 0.3) is 0 Å². The van der Waals surface area contributed by atoms with Gasteiger partial charge in [-0.1, -0.05) is 12.1 Å². The molecule has 106 valence electrons. The van der Waals surface area contributed by atoms with Crippen LogP contribution in [0.15, 0.2) is 29.7 Å². The van der Waals surface area contributed by atoms with Gasteiger partial charge in [-0.15, -0.1) is 5.10 Å². The standard InChI is InChI=1S/C14H10F2N4O/c1-6-10-11(7-3-2-4-9(15)12(7)16)8(5-17)13(18)21-14(10)20-19-6/h2-4,11H,18H2,1H3,(H,19,20)/t11-/m1/s1. The Kier molecular flexibility index (Phi) is 2.87. The lowest BCUT2D eigenvalue weighted by molar-refractivity contribution is 0.377. The van der Waals surface area contributed by atoms with Gasteiger partial charge in [-0.3, -0.25) is 5.10 Å². The van der Waals surface area contributed by atoms with Gasteiger partial charge in [-0.2, -0.15) is 5.26 Å². The molecule has 1 atom stereocenters. The van der Waals surface area contributed by atoms with Crippen molar-refractivity contribution in [2.24, 2.45) is 5.73 Å². The molecule has 1 aromatic heterocycles. The molecular weight excluding hydrogens is 278 g/mol. The smallest absolute Gasteiger partial charge is 0.244 e. The van der Waals surface area contributed by atoms with Crippen molar-refractivity contribution in [3.63, 3.8) is 0 Å². The van der Waals surface area contributed by atoms with E-state index in [4.69, 9.17) is 10.5 Å². The van der Waals surface area contributed by atoms with Crippen molar-refractivity contribution in [1.82, 2.24) is 10.2 Å². The minimum Gasteiger partial charge on any atom is -0.420 e. The summed E-state index contributed by atoms with van der Waals surface area (Å²) in [5.74, 6) is -2.86. The largest absolute Gasteiger partial charge is 0.420 e. The zero-order chi connectivity index (χ0) is 15.1. The molecule has 7 heteroatoms. The number of hydrogen-bond donors (Lipinski definition) is 2. The van der Waals surface area contributed by atoms with Crippen LogP contribution >= 0.6 is 0 Å². The average molecular weight is 288 g/mol. The number of benzene rings is 1. The Bertz CT molecular complexity index is 804. The second-order valence-electron chi connectivity index (χ2n) is 4.64. The molecule has 5 nitrogen and oxygen atoms in total. The summed E-state index contributed by atoms with van der Waals surface area (Å²) in [6.07, 6.45) is 0. The zero-order valence-electron chi connectivity index (χ0n) is 10.9. The van der Waals surface area contributed by atoms with E-state index in [1.54, 1.807) is 6.92 Å². The number of hydrogen-bond acceptors (Lipinski definition) is 4. The molecule has 1 aliphatic heterocycles. The molecule has 0 unspecified atom stereocenters. The highest BCUT2D eigenvalue weighted by Gasteiger charge is 2.36. The lowest BCUT2D eigenvalue weighted by atomic mass is 9.84. The lowest BCUT2D eigenvalue weighted by Gasteiger charge is -2.23. The van der Waals surface area contributed by atoms with Gasteiger partial charge in [0.1, 0.15) is 11.6 Å². The monoisotopic (exact) mass is 288 g/mol. The second kappa shape index (κ2) is 4.59. The summed E-state index contributed by atoms with van der Waals surface area (Å²) in [6, 6.07) is 5.71. The van der Waals surface area contributed by atoms with E-state index in [9.17, 15) is 14.0 Å². The summed E-state index contributed by atoms with van der Waals surface area (Å²) >= 11 is 0. The molecule has 0 fully saturated rings. The quantitative estimate of drug-likeness (QED) is 0.842. The van der Waals surface area contributed by atoms with Gasteiger partial charge < -0.3 is 10.5 Å². The molecule has 0 spiro atoms. The molecule has 3 rings (SSSR count). The number of halogens is 2. The van der Waals surface area contributed by atoms with Gasteiger partial charge >= 0.3 is 0 Å². The second-order valence-corrected chi connectivity index (χ2v) is 4.64. The predicted molar refractivity (Wildman–Crippen MR) is 69.0 cm³/mol. The van der Waals surface area contributed by atoms with Crippen molar-refractivity contribution in [2.75, 3.05) is 0 Å². The van der Waals surface area contributed by atoms with Crippen molar-refractivity contribution < 1.29 is 13.5 Å². The molecule has 0 radical (unpaired) electrons. The summed E-state index contributed by atoms with van der Waals surface area (Å²) in [7, 11) is 0. The molecule has 0 saturated carbocycles. The number of fused-ring (bicyclic) bond motifs is 1. The highest BCUT2D eigenvalue weighted by atomic mass is 19.2. The van der Waals surface area contributed by atoms with Gasteiger partial charge in [0.15, 0.2) is 11.6 Å². The Balaban J connectivity index is 2.30. The number of allylic oxidation sites excluding steroid dienone is 1. The average Bonchev–Trinajstić information content (AvgIpc) is 2.82. The molecular formula is C14H10F2N4O. The predicted octanol–water partition coefficient (Wildman–Crippen LogP) is 2.21. The number of ether oxygens (including phenoxy) is 1. The number of nitrogens with two attached hydrogens (primary N) is 1. The van der Waals surface area contributed by atoms with Crippen LogP contribution in [0, 0.1) is 29.9 Å². The van der Waals surface area contributed by atoms with Crippen LogP contribution < -0.4 is 10.5 Å². The van der Waals surface area contributed by atoms with Crippen molar-refractivity contribution in [2.45, 2.75) is 12.8 Å². The fourth-order valence-electron chi connectivity index (χ4n) is 2.45. The van der Waals surface area contributed by atoms with E-state index in [-0.39, 0.29) is 22.9 Å². The van der Waals surface area contributed by atoms with Gasteiger partial charge in [-0.25, -0.2) is 8.78 Å². The van der Waals surface area contributed by atoms with Crippen molar-refractivity contribution in [1.29, 1.82) is 5.26 Å². The third kappa shape index (κ3) is 1.84. The highest BCUT2D eigenvalue weighted by Crippen LogP contribution is 2.43. The Morgan fingerprint density at radius 3 is 2.90 bits per heavy atom. The van der Waals surface area contributed by atoms with Gasteiger partial charge in [0.05, 0.1) is 5.92 Å². The number of aromatic amines is 1. The van der Waals surface area contributed by atoms with Gasteiger partial charge in [0, 0.05) is 16.8 Å². The molecule has 2 aromatic rings. The number of nitrogens with zero attached hydrogens (tertiary/aromatic N) is 2. The molecule has 0 saturated heterocycles. The molecule has 0 bridgehead atoms. The van der Waals surface area contributed by atoms with Gasteiger partial charge in [-0.05, 0) is 13.0 Å². The van der Waals surface area contributed by atoms with Crippen molar-refractivity contribution in [3.8, 4) is 11.9 Å². The third-order valence-corrected chi connectivity index (χ3v) is 3.42. The fourth-order valence-corrected chi connectivity index (χ4v) is 2.45. The maximum Gasteiger partial charge on any atom is 0.244 e. The molecule has 1 aromatic carbocycles. The van der Waals surface area contributed by atoms with Crippen LogP contribution in [0.2, 0.25) is 0 Å². The number of rotatable bonds is 1. The van der Waals surface area contributed by atoms with E-state index >= 15 is 0 Å². The first kappa shape index (κ1) is 13.1. The lowest BCUT2D eigenvalue weighted by Crippen LogP contribution is -2.21. The fraction of sp³-hybridized carbons (Fsp3) is 0.143. The first-order valence-electron chi connectivity index (χ1n) is 6.11. The SMILES string of the molecule is Cc1[nH]nc2c1[C@H](c1cccc(F)c1F)C(C#N)=C(N)O2. The first-order chi connectivity index (χ1) is 10.0. The topological polar surface area (TPSA) is 87.7 Å². The van der Waals surface area contributed by atoms with E-state index in [0.29, 0.717) is 11.3 Å². The van der Waals surface area contributed by atoms with E-state index in [1.165, 1.54) is 12.1 Å². The maximum atomic E-state index is 14.1. The summed E-state index contributed by atoms with van der Waals surface area (Å²) in [5, 5.41) is 15.9. The number of aromatic nitrogens is 2. The van der Waals surface area contributed by atoms with Crippen LogP contribution in [0.1, 0.15) is 22.7 Å². The Hall–Kier alpha value is -2.88. The van der Waals surface area contributed by atoms with Crippen molar-refractivity contribution >= 4 is 0 Å². The van der Waals surface area contributed by atoms with E-state index in [2.05, 4.69) is 10.2 Å². The summed E-state index contributed by atoms with van der Waals surface area (Å²) in [5.41, 5.74) is 6.81. The molecule has 1 aliphatic rings. The number of aryl methyl sites for hydroxylation is 1. The van der Waals surface area contributed by atoms with E-state index < -0.39 is 17.6 Å². The normalized spacial score (nSPS) is 17.1. The van der Waals surface area contributed by atoms with E-state index in [1.807, 2.05) is 6.07 Å². The van der Waals surface area contributed by atoms with Crippen LogP contribution in [-0.2, 0) is 0 Å². The Labute approximate surface area is 118 Å². The van der Waals surface area contributed by atoms with Crippen LogP contribution in [0.25, 0.3) is 0 Å². The summed E-state index contributed by atoms with van der Waals surface area (Å²) in [6.45, 7) is 1.70. The third-order valence-electron chi connectivity index (χ3n) is 3.42. The number of nitrogens with one attached hydrogen (secondary N) is 1. The summed E-state index contributed by atoms with van der Waals surface area (Å²) in [4.78, 5) is 0. The van der Waals surface area contributed by atoms with Crippen LogP contribution in [0.3, 0.4) is 0 Å².